The van der Waals surface area contributed by atoms with E-state index in [9.17, 15) is 0 Å². The molecule has 2 aromatic rings. The normalized spacial score (nSPS) is 10.3. The number of ether oxygens (including phenoxy) is 1. The van der Waals surface area contributed by atoms with Crippen molar-refractivity contribution in [3.8, 4) is 11.5 Å². The van der Waals surface area contributed by atoms with Gasteiger partial charge in [0.05, 0.1) is 6.61 Å². The fourth-order valence-corrected chi connectivity index (χ4v) is 1.66. The summed E-state index contributed by atoms with van der Waals surface area (Å²) in [6.45, 7) is 1.48. The van der Waals surface area contributed by atoms with E-state index in [2.05, 4.69) is 5.32 Å². The fraction of sp³-hybridized carbons (Fsp3) is 0.200. The summed E-state index contributed by atoms with van der Waals surface area (Å²) in [7, 11) is 0. The van der Waals surface area contributed by atoms with Crippen LogP contribution in [0.1, 0.15) is 5.56 Å². The average molecular weight is 243 g/mol. The molecule has 18 heavy (non-hydrogen) atoms. The van der Waals surface area contributed by atoms with Crippen LogP contribution in [0, 0.1) is 0 Å². The van der Waals surface area contributed by atoms with Crippen LogP contribution in [-0.2, 0) is 6.54 Å². The van der Waals surface area contributed by atoms with Crippen molar-refractivity contribution in [2.75, 3.05) is 13.2 Å². The maximum Gasteiger partial charge on any atom is 0.127 e. The Labute approximate surface area is 107 Å². The van der Waals surface area contributed by atoms with Gasteiger partial charge in [0.15, 0.2) is 0 Å². The maximum atomic E-state index is 8.71. The number of para-hydroxylation sites is 1. The molecule has 0 amide bonds. The van der Waals surface area contributed by atoms with Gasteiger partial charge in [-0.3, -0.25) is 0 Å². The van der Waals surface area contributed by atoms with E-state index in [0.717, 1.165) is 23.6 Å². The number of aliphatic hydroxyl groups is 1. The summed E-state index contributed by atoms with van der Waals surface area (Å²) >= 11 is 0. The Kier molecular flexibility index (Phi) is 4.76. The van der Waals surface area contributed by atoms with Gasteiger partial charge in [-0.05, 0) is 29.8 Å². The molecule has 0 unspecified atom stereocenters. The minimum Gasteiger partial charge on any atom is -0.457 e. The Balaban J connectivity index is 1.99. The molecule has 3 nitrogen and oxygen atoms in total. The molecule has 2 rings (SSSR count). The summed E-state index contributed by atoms with van der Waals surface area (Å²) in [6.07, 6.45) is 0. The number of hydrogen-bond acceptors (Lipinski definition) is 3. The summed E-state index contributed by atoms with van der Waals surface area (Å²) in [5.41, 5.74) is 1.14. The van der Waals surface area contributed by atoms with Gasteiger partial charge >= 0.3 is 0 Å². The van der Waals surface area contributed by atoms with Gasteiger partial charge in [-0.2, -0.15) is 0 Å². The van der Waals surface area contributed by atoms with E-state index in [1.807, 2.05) is 54.6 Å². The van der Waals surface area contributed by atoms with Crippen molar-refractivity contribution in [3.63, 3.8) is 0 Å². The summed E-state index contributed by atoms with van der Waals surface area (Å²) in [4.78, 5) is 0. The lowest BCUT2D eigenvalue weighted by atomic mass is 10.2. The van der Waals surface area contributed by atoms with E-state index in [4.69, 9.17) is 9.84 Å². The van der Waals surface area contributed by atoms with Crippen molar-refractivity contribution >= 4 is 0 Å². The highest BCUT2D eigenvalue weighted by Crippen LogP contribution is 2.21. The van der Waals surface area contributed by atoms with Crippen molar-refractivity contribution in [3.05, 3.63) is 60.2 Å². The summed E-state index contributed by atoms with van der Waals surface area (Å²) in [5, 5.41) is 11.8. The van der Waals surface area contributed by atoms with Gasteiger partial charge < -0.3 is 15.2 Å². The first-order chi connectivity index (χ1) is 8.88. The van der Waals surface area contributed by atoms with Gasteiger partial charge in [0.1, 0.15) is 11.5 Å². The molecule has 3 heteroatoms. The van der Waals surface area contributed by atoms with Crippen LogP contribution in [0.2, 0.25) is 0 Å². The minimum absolute atomic E-state index is 0.153. The zero-order valence-corrected chi connectivity index (χ0v) is 10.2. The van der Waals surface area contributed by atoms with Crippen molar-refractivity contribution in [1.29, 1.82) is 0 Å². The minimum atomic E-state index is 0.153. The number of nitrogens with one attached hydrogen (secondary N) is 1. The highest BCUT2D eigenvalue weighted by Gasteiger charge is 1.98. The largest absolute Gasteiger partial charge is 0.457 e. The van der Waals surface area contributed by atoms with E-state index in [-0.39, 0.29) is 6.61 Å². The number of benzene rings is 2. The van der Waals surface area contributed by atoms with E-state index < -0.39 is 0 Å². The molecule has 0 aliphatic rings. The standard InChI is InChI=1S/C15H17NO2/c17-10-9-16-12-13-5-4-8-15(11-13)18-14-6-2-1-3-7-14/h1-8,11,16-17H,9-10,12H2. The van der Waals surface area contributed by atoms with Gasteiger partial charge in [0.2, 0.25) is 0 Å². The topological polar surface area (TPSA) is 41.5 Å². The molecule has 0 aliphatic heterocycles. The van der Waals surface area contributed by atoms with E-state index in [1.54, 1.807) is 0 Å². The molecule has 0 aromatic heterocycles. The first kappa shape index (κ1) is 12.6. The second kappa shape index (κ2) is 6.79. The third-order valence-corrected chi connectivity index (χ3v) is 2.50. The Morgan fingerprint density at radius 2 is 1.72 bits per heavy atom. The van der Waals surface area contributed by atoms with Crippen molar-refractivity contribution in [2.45, 2.75) is 6.54 Å². The maximum absolute atomic E-state index is 8.71. The predicted octanol–water partition coefficient (Wildman–Crippen LogP) is 2.56. The smallest absolute Gasteiger partial charge is 0.127 e. The predicted molar refractivity (Wildman–Crippen MR) is 71.8 cm³/mol. The number of aliphatic hydroxyl groups excluding tert-OH is 1. The molecular weight excluding hydrogens is 226 g/mol. The highest BCUT2D eigenvalue weighted by atomic mass is 16.5. The third-order valence-electron chi connectivity index (χ3n) is 2.50. The molecule has 0 aliphatic carbocycles. The fourth-order valence-electron chi connectivity index (χ4n) is 1.66. The lowest BCUT2D eigenvalue weighted by Gasteiger charge is -2.08. The zero-order chi connectivity index (χ0) is 12.6. The first-order valence-electron chi connectivity index (χ1n) is 6.02. The zero-order valence-electron chi connectivity index (χ0n) is 10.2. The molecule has 94 valence electrons. The van der Waals surface area contributed by atoms with Gasteiger partial charge in [-0.25, -0.2) is 0 Å². The Hall–Kier alpha value is -1.84. The molecule has 0 radical (unpaired) electrons. The molecule has 0 bridgehead atoms. The lowest BCUT2D eigenvalue weighted by molar-refractivity contribution is 0.292. The molecule has 0 saturated heterocycles. The molecule has 2 N–H and O–H groups in total. The SMILES string of the molecule is OCCNCc1cccc(Oc2ccccc2)c1. The van der Waals surface area contributed by atoms with Gasteiger partial charge in [-0.15, -0.1) is 0 Å². The Bertz CT molecular complexity index is 471. The van der Waals surface area contributed by atoms with Crippen LogP contribution < -0.4 is 10.1 Å². The molecular formula is C15H17NO2. The van der Waals surface area contributed by atoms with E-state index >= 15 is 0 Å². The van der Waals surface area contributed by atoms with E-state index in [1.165, 1.54) is 0 Å². The number of hydrogen-bond donors (Lipinski definition) is 2. The van der Waals surface area contributed by atoms with Crippen LogP contribution in [0.15, 0.2) is 54.6 Å². The van der Waals surface area contributed by atoms with Crippen molar-refractivity contribution in [2.24, 2.45) is 0 Å². The molecule has 0 heterocycles. The van der Waals surface area contributed by atoms with Gasteiger partial charge in [-0.1, -0.05) is 30.3 Å². The molecule has 2 aromatic carbocycles. The van der Waals surface area contributed by atoms with Crippen molar-refractivity contribution < 1.29 is 9.84 Å². The monoisotopic (exact) mass is 243 g/mol. The third kappa shape index (κ3) is 3.87. The second-order valence-electron chi connectivity index (χ2n) is 3.96. The van der Waals surface area contributed by atoms with Crippen LogP contribution in [0.4, 0.5) is 0 Å². The van der Waals surface area contributed by atoms with Gasteiger partial charge in [0, 0.05) is 13.1 Å². The Morgan fingerprint density at radius 1 is 0.944 bits per heavy atom. The second-order valence-corrected chi connectivity index (χ2v) is 3.96. The van der Waals surface area contributed by atoms with Crippen LogP contribution in [0.5, 0.6) is 11.5 Å². The lowest BCUT2D eigenvalue weighted by Crippen LogP contribution is -2.17. The van der Waals surface area contributed by atoms with Gasteiger partial charge in [0.25, 0.3) is 0 Å². The molecule has 0 saturated carbocycles. The number of rotatable bonds is 6. The Morgan fingerprint density at radius 3 is 2.50 bits per heavy atom. The average Bonchev–Trinajstić information content (AvgIpc) is 2.41. The molecule has 0 atom stereocenters. The molecule has 0 spiro atoms. The summed E-state index contributed by atoms with van der Waals surface area (Å²) in [6, 6.07) is 17.6. The van der Waals surface area contributed by atoms with E-state index in [0.29, 0.717) is 6.54 Å². The van der Waals surface area contributed by atoms with Crippen LogP contribution in [0.25, 0.3) is 0 Å². The summed E-state index contributed by atoms with van der Waals surface area (Å²) < 4.78 is 5.75. The van der Waals surface area contributed by atoms with Crippen LogP contribution >= 0.6 is 0 Å². The van der Waals surface area contributed by atoms with Crippen LogP contribution in [-0.4, -0.2) is 18.3 Å². The summed E-state index contributed by atoms with van der Waals surface area (Å²) in [5.74, 6) is 1.66. The quantitative estimate of drug-likeness (QED) is 0.766. The van der Waals surface area contributed by atoms with Crippen molar-refractivity contribution in [1.82, 2.24) is 5.32 Å². The first-order valence-corrected chi connectivity index (χ1v) is 6.02. The molecule has 0 fully saturated rings. The van der Waals surface area contributed by atoms with Crippen LogP contribution in [0.3, 0.4) is 0 Å². The highest BCUT2D eigenvalue weighted by molar-refractivity contribution is 5.33.